The molecule has 0 unspecified atom stereocenters. The number of carbonyl (C=O) groups excluding carboxylic acids is 1. The van der Waals surface area contributed by atoms with E-state index < -0.39 is 26.7 Å². The van der Waals surface area contributed by atoms with E-state index in [4.69, 9.17) is 27.9 Å². The minimum Gasteiger partial charge on any atom is -0.870 e. The van der Waals surface area contributed by atoms with Crippen molar-refractivity contribution in [2.24, 2.45) is 10.2 Å². The van der Waals surface area contributed by atoms with Gasteiger partial charge in [-0.3, -0.25) is 9.35 Å². The molecule has 0 aliphatic heterocycles. The minimum atomic E-state index is -4.75. The van der Waals surface area contributed by atoms with E-state index in [1.807, 2.05) is 0 Å². The second-order valence-corrected chi connectivity index (χ2v) is 10.1. The summed E-state index contributed by atoms with van der Waals surface area (Å²) in [5.41, 5.74) is 0.132. The number of nitrogens with one attached hydrogen (secondary N) is 1. The molecule has 0 saturated carbocycles. The first kappa shape index (κ1) is 29.9. The number of nitrogens with zero attached hydrogens (tertiary/aromatic N) is 2. The second-order valence-electron chi connectivity index (χ2n) is 7.89. The minimum absolute atomic E-state index is 0. The van der Waals surface area contributed by atoms with Crippen molar-refractivity contribution in [3.63, 3.8) is 0 Å². The van der Waals surface area contributed by atoms with Gasteiger partial charge in [0.05, 0.1) is 23.5 Å². The molecule has 4 aromatic carbocycles. The Balaban J connectivity index is 0.00000400. The van der Waals surface area contributed by atoms with Crippen molar-refractivity contribution in [3.05, 3.63) is 81.8 Å². The van der Waals surface area contributed by atoms with E-state index in [1.54, 1.807) is 37.3 Å². The molecule has 0 radical (unpaired) electrons. The van der Waals surface area contributed by atoms with Crippen molar-refractivity contribution in [1.29, 1.82) is 0 Å². The van der Waals surface area contributed by atoms with Crippen LogP contribution < -0.4 is 44.7 Å². The number of methoxy groups -OCH3 is 1. The number of anilines is 1. The van der Waals surface area contributed by atoms with Crippen LogP contribution in [-0.4, -0.2) is 26.0 Å². The number of benzene rings is 4. The van der Waals surface area contributed by atoms with Gasteiger partial charge < -0.3 is 15.2 Å². The molecule has 9 nitrogen and oxygen atoms in total. The molecule has 0 bridgehead atoms. The molecule has 0 fully saturated rings. The number of fused-ring (bicyclic) bond motifs is 1. The Hall–Kier alpha value is -2.70. The van der Waals surface area contributed by atoms with Crippen LogP contribution in [0.25, 0.3) is 10.8 Å². The van der Waals surface area contributed by atoms with Crippen LogP contribution in [0.3, 0.4) is 0 Å². The molecule has 38 heavy (non-hydrogen) atoms. The third kappa shape index (κ3) is 6.29. The summed E-state index contributed by atoms with van der Waals surface area (Å²) in [6, 6.07) is 15.4. The van der Waals surface area contributed by atoms with Crippen LogP contribution in [0.5, 0.6) is 11.5 Å². The summed E-state index contributed by atoms with van der Waals surface area (Å²) < 4.78 is 38.7. The molecular weight excluding hydrogens is 564 g/mol. The van der Waals surface area contributed by atoms with Gasteiger partial charge in [0.15, 0.2) is 0 Å². The maximum atomic E-state index is 13.4. The first-order valence-electron chi connectivity index (χ1n) is 10.6. The fourth-order valence-electron chi connectivity index (χ4n) is 3.68. The molecule has 190 valence electrons. The SMILES string of the molecule is COc1cc(Cl)ccc1NC(=O)c1cc2ccccc2c(N=Nc2cc(C)cc(Cl)c2S(=O)(=O)O)c1[O-].[Na+]. The van der Waals surface area contributed by atoms with Gasteiger partial charge in [-0.2, -0.15) is 13.5 Å². The molecule has 0 aliphatic rings. The van der Waals surface area contributed by atoms with Gasteiger partial charge in [0.1, 0.15) is 16.3 Å². The average molecular weight is 582 g/mol. The molecule has 0 spiro atoms. The molecule has 1 amide bonds. The molecule has 0 atom stereocenters. The molecule has 4 aromatic rings. The monoisotopic (exact) mass is 581 g/mol. The van der Waals surface area contributed by atoms with E-state index in [1.165, 1.54) is 37.4 Å². The van der Waals surface area contributed by atoms with Gasteiger partial charge in [0.2, 0.25) is 0 Å². The number of halogens is 2. The van der Waals surface area contributed by atoms with Crippen LogP contribution >= 0.6 is 23.2 Å². The molecule has 0 aliphatic carbocycles. The first-order chi connectivity index (χ1) is 17.5. The van der Waals surface area contributed by atoms with Crippen LogP contribution in [0.15, 0.2) is 75.8 Å². The smallest absolute Gasteiger partial charge is 0.870 e. The van der Waals surface area contributed by atoms with Crippen molar-refractivity contribution in [1.82, 2.24) is 0 Å². The standard InChI is InChI=1S/C25H19Cl2N3O6S.Na/c1-13-9-18(27)24(37(33,34)35)20(10-13)29-30-22-16-6-4-3-5-14(16)11-17(23(22)31)25(32)28-19-8-7-15(26)12-21(19)36-2;/h3-12,31H,1-2H3,(H,28,32)(H,33,34,35);/q;+1/p-1. The Morgan fingerprint density at radius 3 is 2.45 bits per heavy atom. The van der Waals surface area contributed by atoms with Gasteiger partial charge in [-0.15, -0.1) is 5.11 Å². The third-order valence-electron chi connectivity index (χ3n) is 5.32. The van der Waals surface area contributed by atoms with Gasteiger partial charge in [-0.05, 0) is 48.2 Å². The van der Waals surface area contributed by atoms with E-state index >= 15 is 0 Å². The number of hydrogen-bond donors (Lipinski definition) is 2. The molecule has 0 heterocycles. The predicted molar refractivity (Wildman–Crippen MR) is 140 cm³/mol. The number of ether oxygens (including phenoxy) is 1. The van der Waals surface area contributed by atoms with Crippen molar-refractivity contribution in [3.8, 4) is 11.5 Å². The fourth-order valence-corrected chi connectivity index (χ4v) is 5.07. The van der Waals surface area contributed by atoms with E-state index in [0.29, 0.717) is 32.8 Å². The number of azo groups is 1. The summed E-state index contributed by atoms with van der Waals surface area (Å²) >= 11 is 12.0. The molecule has 2 N–H and O–H groups in total. The Bertz CT molecular complexity index is 1700. The second kappa shape index (κ2) is 12.0. The maximum Gasteiger partial charge on any atom is 1.00 e. The van der Waals surface area contributed by atoms with Crippen molar-refractivity contribution < 1.29 is 57.2 Å². The van der Waals surface area contributed by atoms with Crippen molar-refractivity contribution >= 4 is 67.1 Å². The largest absolute Gasteiger partial charge is 1.00 e. The Labute approximate surface area is 250 Å². The summed E-state index contributed by atoms with van der Waals surface area (Å²) in [6.07, 6.45) is 0. The van der Waals surface area contributed by atoms with E-state index in [9.17, 15) is 22.9 Å². The Kier molecular flexibility index (Phi) is 9.43. The van der Waals surface area contributed by atoms with E-state index in [2.05, 4.69) is 15.5 Å². The van der Waals surface area contributed by atoms with Gasteiger partial charge in [-0.1, -0.05) is 53.2 Å². The zero-order valence-corrected chi connectivity index (χ0v) is 24.6. The molecule has 4 rings (SSSR count). The molecular formula is C25H18Cl2N3NaO6S. The Morgan fingerprint density at radius 1 is 1.05 bits per heavy atom. The van der Waals surface area contributed by atoms with Gasteiger partial charge in [0, 0.05) is 22.0 Å². The van der Waals surface area contributed by atoms with Gasteiger partial charge >= 0.3 is 29.6 Å². The number of aryl methyl sites for hydroxylation is 1. The molecule has 0 saturated heterocycles. The topological polar surface area (TPSA) is 140 Å². The van der Waals surface area contributed by atoms with Crippen LogP contribution in [0, 0.1) is 6.92 Å². The maximum absolute atomic E-state index is 13.4. The zero-order valence-electron chi connectivity index (χ0n) is 20.3. The number of amides is 1. The van der Waals surface area contributed by atoms with Crippen molar-refractivity contribution in [2.75, 3.05) is 12.4 Å². The molecule has 13 heteroatoms. The zero-order chi connectivity index (χ0) is 26.9. The molecule has 0 aromatic heterocycles. The number of carbonyl (C=O) groups is 1. The summed E-state index contributed by atoms with van der Waals surface area (Å²) in [5.74, 6) is -1.19. The Morgan fingerprint density at radius 2 is 1.76 bits per heavy atom. The first-order valence-corrected chi connectivity index (χ1v) is 12.8. The quantitative estimate of drug-likeness (QED) is 0.203. The summed E-state index contributed by atoms with van der Waals surface area (Å²) in [5, 5.41) is 25.0. The van der Waals surface area contributed by atoms with Crippen LogP contribution in [0.1, 0.15) is 15.9 Å². The summed E-state index contributed by atoms with van der Waals surface area (Å²) in [6.45, 7) is 1.64. The van der Waals surface area contributed by atoms with Gasteiger partial charge in [0.25, 0.3) is 16.0 Å². The third-order valence-corrected chi connectivity index (χ3v) is 6.91. The van der Waals surface area contributed by atoms with Crippen LogP contribution in [0.4, 0.5) is 17.1 Å². The summed E-state index contributed by atoms with van der Waals surface area (Å²) in [4.78, 5) is 12.5. The summed E-state index contributed by atoms with van der Waals surface area (Å²) in [7, 11) is -3.34. The predicted octanol–water partition coefficient (Wildman–Crippen LogP) is 3.46. The van der Waals surface area contributed by atoms with Gasteiger partial charge in [-0.25, -0.2) is 0 Å². The number of hydrogen-bond acceptors (Lipinski definition) is 7. The fraction of sp³-hybridized carbons (Fsp3) is 0.0800. The van der Waals surface area contributed by atoms with Crippen molar-refractivity contribution in [2.45, 2.75) is 11.8 Å². The number of rotatable bonds is 6. The average Bonchev–Trinajstić information content (AvgIpc) is 2.82. The normalized spacial score (nSPS) is 11.4. The van der Waals surface area contributed by atoms with Crippen LogP contribution in [-0.2, 0) is 10.1 Å². The van der Waals surface area contributed by atoms with Crippen LogP contribution in [0.2, 0.25) is 10.0 Å². The van der Waals surface area contributed by atoms with E-state index in [0.717, 1.165) is 0 Å². The van der Waals surface area contributed by atoms with E-state index in [-0.39, 0.29) is 51.5 Å².